The smallest absolute Gasteiger partial charge is 0.362 e. The van der Waals surface area contributed by atoms with E-state index in [9.17, 15) is 14.4 Å². The Hall–Kier alpha value is -2.87. The standard InChI is InChI=1S/C15H14ClN3O5/c1-2-23-15(22)14-11(24-8-12(17)20)7-13(21)19(18-14)10-6-4-3-5-9(10)16/h3-7H,2,8H2,1H3,(H2,17,20). The number of benzene rings is 1. The lowest BCUT2D eigenvalue weighted by Crippen LogP contribution is -2.27. The minimum atomic E-state index is -0.808. The number of carbonyl (C=O) groups excluding carboxylic acids is 2. The second-order valence-electron chi connectivity index (χ2n) is 4.53. The molecule has 1 aromatic carbocycles. The lowest BCUT2D eigenvalue weighted by Gasteiger charge is -2.12. The van der Waals surface area contributed by atoms with E-state index in [-0.39, 0.29) is 28.8 Å². The summed E-state index contributed by atoms with van der Waals surface area (Å²) in [5.41, 5.74) is 4.42. The second kappa shape index (κ2) is 7.60. The molecule has 8 nitrogen and oxygen atoms in total. The highest BCUT2D eigenvalue weighted by Gasteiger charge is 2.20. The number of rotatable bonds is 6. The van der Waals surface area contributed by atoms with Crippen molar-refractivity contribution in [2.75, 3.05) is 13.2 Å². The van der Waals surface area contributed by atoms with Crippen molar-refractivity contribution >= 4 is 23.5 Å². The van der Waals surface area contributed by atoms with Crippen molar-refractivity contribution in [3.63, 3.8) is 0 Å². The number of para-hydroxylation sites is 1. The summed E-state index contributed by atoms with van der Waals surface area (Å²) < 4.78 is 10.9. The Balaban J connectivity index is 2.57. The number of esters is 1. The predicted molar refractivity (Wildman–Crippen MR) is 85.5 cm³/mol. The van der Waals surface area contributed by atoms with Crippen LogP contribution >= 0.6 is 11.6 Å². The maximum atomic E-state index is 12.3. The molecule has 0 aliphatic carbocycles. The number of primary amides is 1. The molecule has 0 bridgehead atoms. The van der Waals surface area contributed by atoms with Crippen LogP contribution in [0.15, 0.2) is 35.1 Å². The van der Waals surface area contributed by atoms with Crippen molar-refractivity contribution in [3.05, 3.63) is 51.4 Å². The number of hydrogen-bond donors (Lipinski definition) is 1. The summed E-state index contributed by atoms with van der Waals surface area (Å²) in [4.78, 5) is 35.2. The van der Waals surface area contributed by atoms with Crippen LogP contribution in [0.3, 0.4) is 0 Å². The topological polar surface area (TPSA) is 114 Å². The number of halogens is 1. The van der Waals surface area contributed by atoms with E-state index in [1.165, 1.54) is 0 Å². The van der Waals surface area contributed by atoms with Gasteiger partial charge in [-0.15, -0.1) is 0 Å². The molecule has 0 saturated carbocycles. The molecule has 0 spiro atoms. The van der Waals surface area contributed by atoms with Gasteiger partial charge in [0.05, 0.1) is 23.4 Å². The van der Waals surface area contributed by atoms with Crippen LogP contribution in [-0.2, 0) is 9.53 Å². The first-order valence-corrected chi connectivity index (χ1v) is 7.29. The minimum Gasteiger partial charge on any atom is -0.481 e. The number of carbonyl (C=O) groups is 2. The lowest BCUT2D eigenvalue weighted by atomic mass is 10.3. The Kier molecular flexibility index (Phi) is 5.54. The fourth-order valence-electron chi connectivity index (χ4n) is 1.84. The number of ether oxygens (including phenoxy) is 2. The quantitative estimate of drug-likeness (QED) is 0.774. The average Bonchev–Trinajstić information content (AvgIpc) is 2.54. The van der Waals surface area contributed by atoms with Crippen LogP contribution in [0.4, 0.5) is 0 Å². The Bertz CT molecular complexity index is 834. The highest BCUT2D eigenvalue weighted by atomic mass is 35.5. The zero-order valence-corrected chi connectivity index (χ0v) is 13.4. The van der Waals surface area contributed by atoms with Crippen molar-refractivity contribution in [1.29, 1.82) is 0 Å². The Morgan fingerprint density at radius 3 is 2.67 bits per heavy atom. The van der Waals surface area contributed by atoms with Gasteiger partial charge in [-0.1, -0.05) is 23.7 Å². The first-order valence-electron chi connectivity index (χ1n) is 6.91. The van der Waals surface area contributed by atoms with Crippen molar-refractivity contribution in [2.24, 2.45) is 5.73 Å². The largest absolute Gasteiger partial charge is 0.481 e. The van der Waals surface area contributed by atoms with E-state index < -0.39 is 24.0 Å². The van der Waals surface area contributed by atoms with Crippen LogP contribution in [0.1, 0.15) is 17.4 Å². The first-order chi connectivity index (χ1) is 11.4. The Labute approximate surface area is 141 Å². The van der Waals surface area contributed by atoms with Gasteiger partial charge in [0, 0.05) is 0 Å². The van der Waals surface area contributed by atoms with Gasteiger partial charge in [-0.05, 0) is 19.1 Å². The minimum absolute atomic E-state index is 0.0982. The molecule has 9 heteroatoms. The second-order valence-corrected chi connectivity index (χ2v) is 4.94. The number of amides is 1. The molecular formula is C15H14ClN3O5. The van der Waals surface area contributed by atoms with E-state index in [4.69, 9.17) is 26.8 Å². The monoisotopic (exact) mass is 351 g/mol. The summed E-state index contributed by atoms with van der Waals surface area (Å²) >= 11 is 6.06. The summed E-state index contributed by atoms with van der Waals surface area (Å²) in [6.45, 7) is 1.20. The molecule has 0 saturated heterocycles. The molecule has 1 amide bonds. The molecule has 2 N–H and O–H groups in total. The molecule has 2 rings (SSSR count). The van der Waals surface area contributed by atoms with Crippen molar-refractivity contribution < 1.29 is 19.1 Å². The summed E-state index contributed by atoms with van der Waals surface area (Å²) in [5.74, 6) is -1.77. The molecule has 126 valence electrons. The lowest BCUT2D eigenvalue weighted by molar-refractivity contribution is -0.120. The van der Waals surface area contributed by atoms with E-state index in [0.717, 1.165) is 10.7 Å². The zero-order valence-electron chi connectivity index (χ0n) is 12.7. The van der Waals surface area contributed by atoms with Gasteiger partial charge < -0.3 is 15.2 Å². The van der Waals surface area contributed by atoms with Gasteiger partial charge in [-0.3, -0.25) is 9.59 Å². The predicted octanol–water partition coefficient (Wildman–Crippen LogP) is 0.927. The van der Waals surface area contributed by atoms with Crippen LogP contribution in [0, 0.1) is 0 Å². The van der Waals surface area contributed by atoms with Crippen LogP contribution in [-0.4, -0.2) is 34.9 Å². The van der Waals surface area contributed by atoms with Gasteiger partial charge in [-0.25, -0.2) is 4.79 Å². The van der Waals surface area contributed by atoms with Crippen LogP contribution in [0.5, 0.6) is 5.75 Å². The summed E-state index contributed by atoms with van der Waals surface area (Å²) in [6.07, 6.45) is 0. The SMILES string of the molecule is CCOC(=O)c1nn(-c2ccccc2Cl)c(=O)cc1OCC(N)=O. The molecule has 1 aromatic heterocycles. The third-order valence-corrected chi connectivity index (χ3v) is 3.14. The van der Waals surface area contributed by atoms with E-state index in [2.05, 4.69) is 5.10 Å². The third kappa shape index (κ3) is 3.90. The van der Waals surface area contributed by atoms with Gasteiger partial charge in [0.25, 0.3) is 11.5 Å². The highest BCUT2D eigenvalue weighted by Crippen LogP contribution is 2.20. The number of aromatic nitrogens is 2. The molecule has 0 atom stereocenters. The molecule has 0 fully saturated rings. The van der Waals surface area contributed by atoms with Gasteiger partial charge in [0.15, 0.2) is 12.4 Å². The molecule has 24 heavy (non-hydrogen) atoms. The van der Waals surface area contributed by atoms with Gasteiger partial charge in [0.1, 0.15) is 0 Å². The Morgan fingerprint density at radius 1 is 1.33 bits per heavy atom. The molecule has 1 heterocycles. The fraction of sp³-hybridized carbons (Fsp3) is 0.200. The molecule has 0 radical (unpaired) electrons. The van der Waals surface area contributed by atoms with Crippen LogP contribution in [0.25, 0.3) is 5.69 Å². The van der Waals surface area contributed by atoms with Gasteiger partial charge >= 0.3 is 5.97 Å². The van der Waals surface area contributed by atoms with E-state index in [1.54, 1.807) is 31.2 Å². The molecule has 0 aliphatic heterocycles. The van der Waals surface area contributed by atoms with Crippen molar-refractivity contribution in [3.8, 4) is 11.4 Å². The summed E-state index contributed by atoms with van der Waals surface area (Å²) in [6, 6.07) is 7.51. The van der Waals surface area contributed by atoms with E-state index in [1.807, 2.05) is 0 Å². The number of nitrogens with two attached hydrogens (primary N) is 1. The normalized spacial score (nSPS) is 10.2. The molecular weight excluding hydrogens is 338 g/mol. The van der Waals surface area contributed by atoms with Gasteiger partial charge in [0.2, 0.25) is 5.69 Å². The van der Waals surface area contributed by atoms with Crippen molar-refractivity contribution in [2.45, 2.75) is 6.92 Å². The highest BCUT2D eigenvalue weighted by molar-refractivity contribution is 6.32. The zero-order chi connectivity index (χ0) is 17.7. The van der Waals surface area contributed by atoms with Crippen LogP contribution in [0.2, 0.25) is 5.02 Å². The number of hydrogen-bond acceptors (Lipinski definition) is 6. The summed E-state index contributed by atoms with van der Waals surface area (Å²) in [5, 5.41) is 4.24. The number of nitrogens with zero attached hydrogens (tertiary/aromatic N) is 2. The van der Waals surface area contributed by atoms with Crippen molar-refractivity contribution in [1.82, 2.24) is 9.78 Å². The summed E-state index contributed by atoms with van der Waals surface area (Å²) in [7, 11) is 0. The van der Waals surface area contributed by atoms with Gasteiger partial charge in [-0.2, -0.15) is 9.78 Å². The maximum Gasteiger partial charge on any atom is 0.362 e. The fourth-order valence-corrected chi connectivity index (χ4v) is 2.05. The molecule has 0 aliphatic rings. The Morgan fingerprint density at radius 2 is 2.04 bits per heavy atom. The average molecular weight is 352 g/mol. The maximum absolute atomic E-state index is 12.3. The molecule has 2 aromatic rings. The first kappa shape index (κ1) is 17.5. The van der Waals surface area contributed by atoms with E-state index in [0.29, 0.717) is 0 Å². The van der Waals surface area contributed by atoms with E-state index >= 15 is 0 Å². The molecule has 0 unspecified atom stereocenters. The van der Waals surface area contributed by atoms with Crippen LogP contribution < -0.4 is 16.0 Å². The third-order valence-electron chi connectivity index (χ3n) is 2.82.